The van der Waals surface area contributed by atoms with Gasteiger partial charge in [0.2, 0.25) is 5.91 Å². The molecule has 0 aromatic heterocycles. The smallest absolute Gasteiger partial charge is 0.273 e. The van der Waals surface area contributed by atoms with Gasteiger partial charge in [0.15, 0.2) is 0 Å². The molecule has 0 N–H and O–H groups in total. The van der Waals surface area contributed by atoms with Crippen LogP contribution in [0.5, 0.6) is 0 Å². The molecular formula is C4H3BrClNO6. The number of hydrogen-bond acceptors (Lipinski definition) is 6. The Morgan fingerprint density at radius 3 is 2.31 bits per heavy atom. The zero-order valence-electron chi connectivity index (χ0n) is 5.94. The predicted molar refractivity (Wildman–Crippen MR) is 30.3 cm³/mol. The number of carbonyl (C=O) groups is 2. The van der Waals surface area contributed by atoms with Gasteiger partial charge in [0, 0.05) is 0 Å². The van der Waals surface area contributed by atoms with Gasteiger partial charge < -0.3 is 0 Å². The van der Waals surface area contributed by atoms with E-state index in [1.165, 1.54) is 0 Å². The summed E-state index contributed by atoms with van der Waals surface area (Å²) in [6.45, 7) is 0. The minimum atomic E-state index is -4.69. The van der Waals surface area contributed by atoms with E-state index >= 15 is 0 Å². The number of halogens is 2. The highest BCUT2D eigenvalue weighted by Crippen LogP contribution is 2.20. The minimum absolute atomic E-state index is 0.460. The van der Waals surface area contributed by atoms with Gasteiger partial charge in [0.1, 0.15) is 0 Å². The quantitative estimate of drug-likeness (QED) is 0.379. The Morgan fingerprint density at radius 2 is 2.00 bits per heavy atom. The molecule has 0 radical (unpaired) electrons. The molecule has 13 heavy (non-hydrogen) atoms. The van der Waals surface area contributed by atoms with Gasteiger partial charge in [-0.15, -0.1) is 0 Å². The lowest BCUT2D eigenvalue weighted by molar-refractivity contribution is -1.92. The van der Waals surface area contributed by atoms with E-state index in [2.05, 4.69) is 20.4 Å². The molecule has 0 bridgehead atoms. The number of imide groups is 1. The Balaban J connectivity index is 2.65. The van der Waals surface area contributed by atoms with Crippen LogP contribution in [0, 0.1) is 10.2 Å². The summed E-state index contributed by atoms with van der Waals surface area (Å²) < 4.78 is 34.5. The zero-order chi connectivity index (χ0) is 10.2. The van der Waals surface area contributed by atoms with Crippen LogP contribution in [-0.2, 0) is 13.9 Å². The summed E-state index contributed by atoms with van der Waals surface area (Å²) in [6.07, 6.45) is -2.01. The van der Waals surface area contributed by atoms with Gasteiger partial charge in [-0.2, -0.15) is 14.0 Å². The van der Waals surface area contributed by atoms with Gasteiger partial charge in [-0.25, -0.2) is 3.93 Å². The van der Waals surface area contributed by atoms with Crippen LogP contribution in [0.3, 0.4) is 0 Å². The highest BCUT2D eigenvalue weighted by molar-refractivity contribution is 9.08. The molecule has 1 aliphatic heterocycles. The van der Waals surface area contributed by atoms with Crippen LogP contribution in [0.25, 0.3) is 0 Å². The molecule has 1 heterocycles. The van der Waals surface area contributed by atoms with Gasteiger partial charge in [-0.05, 0) is 0 Å². The number of nitrogens with zero attached hydrogens (tertiary/aromatic N) is 1. The lowest BCUT2D eigenvalue weighted by atomic mass is 10.3. The molecule has 1 saturated heterocycles. The zero-order valence-corrected chi connectivity index (χ0v) is 8.28. The monoisotopic (exact) mass is 275 g/mol. The van der Waals surface area contributed by atoms with Crippen LogP contribution < -0.4 is 14.0 Å². The fourth-order valence-electron chi connectivity index (χ4n) is 0.777. The van der Waals surface area contributed by atoms with Crippen molar-refractivity contribution in [2.24, 2.45) is 0 Å². The molecule has 1 fully saturated rings. The third-order valence-electron chi connectivity index (χ3n) is 1.26. The Kier molecular flexibility index (Phi) is 2.90. The first-order valence-corrected chi connectivity index (χ1v) is 4.87. The SMILES string of the molecule is O=C1CC(O[Cl+3]([O-])([O-])[O-])C(=O)N1Br. The van der Waals surface area contributed by atoms with Crippen molar-refractivity contribution in [3.8, 4) is 0 Å². The van der Waals surface area contributed by atoms with E-state index in [0.29, 0.717) is 3.93 Å². The van der Waals surface area contributed by atoms with Crippen LogP contribution in [0.15, 0.2) is 0 Å². The molecule has 7 nitrogen and oxygen atoms in total. The lowest BCUT2D eigenvalue weighted by Crippen LogP contribution is -2.62. The molecule has 1 atom stereocenters. The van der Waals surface area contributed by atoms with Crippen LogP contribution >= 0.6 is 16.1 Å². The van der Waals surface area contributed by atoms with E-state index in [1.807, 2.05) is 0 Å². The van der Waals surface area contributed by atoms with Gasteiger partial charge in [-0.1, -0.05) is 0 Å². The van der Waals surface area contributed by atoms with E-state index in [9.17, 15) is 23.6 Å². The van der Waals surface area contributed by atoms with Crippen molar-refractivity contribution in [3.05, 3.63) is 0 Å². The molecule has 0 aromatic carbocycles. The fourth-order valence-corrected chi connectivity index (χ4v) is 1.55. The normalized spacial score (nSPS) is 24.3. The Morgan fingerprint density at radius 1 is 1.46 bits per heavy atom. The highest BCUT2D eigenvalue weighted by Gasteiger charge is 2.47. The molecule has 0 spiro atoms. The first-order valence-electron chi connectivity index (χ1n) is 2.93. The standard InChI is InChI=1S/C4H3BrClNO6/c5-7-3(8)1-2(4(7)9)13-6(10,11)12/h2H,1H2. The second kappa shape index (κ2) is 3.48. The maximum absolute atomic E-state index is 10.9. The second-order valence-electron chi connectivity index (χ2n) is 2.17. The Bertz CT molecular complexity index is 252. The maximum Gasteiger partial charge on any atom is 0.301 e. The van der Waals surface area contributed by atoms with Crippen molar-refractivity contribution in [1.82, 2.24) is 3.93 Å². The lowest BCUT2D eigenvalue weighted by Gasteiger charge is -2.14. The number of rotatable bonds is 2. The molecule has 74 valence electrons. The minimum Gasteiger partial charge on any atom is -0.273 e. The summed E-state index contributed by atoms with van der Waals surface area (Å²) in [5.41, 5.74) is 0. The van der Waals surface area contributed by atoms with E-state index in [1.54, 1.807) is 0 Å². The van der Waals surface area contributed by atoms with Crippen molar-refractivity contribution < 1.29 is 38.1 Å². The van der Waals surface area contributed by atoms with Crippen LogP contribution in [-0.4, -0.2) is 21.8 Å². The van der Waals surface area contributed by atoms with Crippen LogP contribution in [0.4, 0.5) is 0 Å². The third-order valence-corrected chi connectivity index (χ3v) is 2.44. The van der Waals surface area contributed by atoms with Crippen LogP contribution in [0.2, 0.25) is 0 Å². The number of carbonyl (C=O) groups excluding carboxylic acids is 2. The molecule has 9 heteroatoms. The summed E-state index contributed by atoms with van der Waals surface area (Å²) in [5, 5.41) is 0. The van der Waals surface area contributed by atoms with Crippen LogP contribution in [0.1, 0.15) is 6.42 Å². The van der Waals surface area contributed by atoms with Crippen molar-refractivity contribution in [1.29, 1.82) is 0 Å². The average Bonchev–Trinajstić information content (AvgIpc) is 2.15. The maximum atomic E-state index is 10.9. The number of hydrogen-bond donors (Lipinski definition) is 0. The molecule has 1 unspecified atom stereocenters. The van der Waals surface area contributed by atoms with E-state index in [4.69, 9.17) is 0 Å². The number of amides is 2. The van der Waals surface area contributed by atoms with Crippen molar-refractivity contribution in [2.75, 3.05) is 0 Å². The third kappa shape index (κ3) is 2.59. The molecule has 2 amide bonds. The summed E-state index contributed by atoms with van der Waals surface area (Å²) in [7, 11) is -4.69. The predicted octanol–water partition coefficient (Wildman–Crippen LogP) is -3.66. The first-order chi connectivity index (χ1) is 5.81. The summed E-state index contributed by atoms with van der Waals surface area (Å²) in [4.78, 5) is 21.7. The van der Waals surface area contributed by atoms with Crippen molar-refractivity contribution >= 4 is 28.0 Å². The Hall–Kier alpha value is -0.250. The Labute approximate surface area is 82.9 Å². The average molecular weight is 276 g/mol. The second-order valence-corrected chi connectivity index (χ2v) is 3.82. The highest BCUT2D eigenvalue weighted by atomic mass is 79.9. The summed E-state index contributed by atoms with van der Waals surface area (Å²) >= 11 is 2.57. The summed E-state index contributed by atoms with van der Waals surface area (Å²) in [5.74, 6) is -1.56. The van der Waals surface area contributed by atoms with E-state index in [-0.39, 0.29) is 0 Å². The van der Waals surface area contributed by atoms with Gasteiger partial charge in [-0.3, -0.25) is 9.59 Å². The summed E-state index contributed by atoms with van der Waals surface area (Å²) in [6, 6.07) is 0. The van der Waals surface area contributed by atoms with Gasteiger partial charge >= 0.3 is 6.10 Å². The molecule has 1 aliphatic rings. The topological polar surface area (TPSA) is 116 Å². The van der Waals surface area contributed by atoms with E-state index in [0.717, 1.165) is 0 Å². The van der Waals surface area contributed by atoms with Crippen molar-refractivity contribution in [2.45, 2.75) is 12.5 Å². The largest absolute Gasteiger partial charge is 0.301 e. The van der Waals surface area contributed by atoms with Gasteiger partial charge in [0.25, 0.3) is 5.91 Å². The molecule has 0 aliphatic carbocycles. The molecule has 1 rings (SSSR count). The fraction of sp³-hybridized carbons (Fsp3) is 0.500. The molecule has 0 saturated carbocycles. The molecular weight excluding hydrogens is 273 g/mol. The van der Waals surface area contributed by atoms with Crippen molar-refractivity contribution in [3.63, 3.8) is 0 Å². The first kappa shape index (κ1) is 10.8. The molecule has 0 aromatic rings. The van der Waals surface area contributed by atoms with E-state index < -0.39 is 34.6 Å². The van der Waals surface area contributed by atoms with Gasteiger partial charge in [0.05, 0.1) is 37.1 Å².